The Balaban J connectivity index is 1.61. The number of rotatable bonds is 6. The molecular formula is C21H20ClN3O2. The molecule has 0 radical (unpaired) electrons. The molecule has 1 aromatic heterocycles. The van der Waals surface area contributed by atoms with E-state index in [0.29, 0.717) is 16.4 Å². The monoisotopic (exact) mass is 381 g/mol. The number of carbonyl (C=O) groups excluding carboxylic acids is 1. The van der Waals surface area contributed by atoms with Crippen molar-refractivity contribution in [1.29, 1.82) is 0 Å². The highest BCUT2D eigenvalue weighted by atomic mass is 35.5. The van der Waals surface area contributed by atoms with Gasteiger partial charge in [-0.05, 0) is 74.5 Å². The van der Waals surface area contributed by atoms with Crippen molar-refractivity contribution in [2.24, 2.45) is 0 Å². The molecule has 0 atom stereocenters. The van der Waals surface area contributed by atoms with E-state index in [4.69, 9.17) is 16.3 Å². The zero-order chi connectivity index (χ0) is 19.2. The van der Waals surface area contributed by atoms with Gasteiger partial charge in [-0.25, -0.2) is 4.98 Å². The second kappa shape index (κ2) is 8.56. The van der Waals surface area contributed by atoms with Crippen LogP contribution in [-0.4, -0.2) is 17.0 Å². The van der Waals surface area contributed by atoms with Gasteiger partial charge in [0.25, 0.3) is 5.91 Å². The summed E-state index contributed by atoms with van der Waals surface area (Å²) in [6.07, 6.45) is 1.76. The summed E-state index contributed by atoms with van der Waals surface area (Å²) in [5, 5.41) is 6.64. The molecule has 0 saturated heterocycles. The molecule has 27 heavy (non-hydrogen) atoms. The lowest BCUT2D eigenvalue weighted by molar-refractivity contribution is 0.102. The maximum atomic E-state index is 12.3. The van der Waals surface area contributed by atoms with Crippen molar-refractivity contribution in [3.63, 3.8) is 0 Å². The third-order valence-corrected chi connectivity index (χ3v) is 3.86. The van der Waals surface area contributed by atoms with Gasteiger partial charge < -0.3 is 15.4 Å². The zero-order valence-corrected chi connectivity index (χ0v) is 15.8. The number of nitrogens with one attached hydrogen (secondary N) is 2. The van der Waals surface area contributed by atoms with E-state index in [9.17, 15) is 4.79 Å². The summed E-state index contributed by atoms with van der Waals surface area (Å²) in [6.45, 7) is 3.98. The maximum Gasteiger partial charge on any atom is 0.274 e. The predicted molar refractivity (Wildman–Crippen MR) is 109 cm³/mol. The topological polar surface area (TPSA) is 63.2 Å². The van der Waals surface area contributed by atoms with E-state index in [0.717, 1.165) is 17.1 Å². The number of nitrogens with zero attached hydrogens (tertiary/aromatic N) is 1. The minimum atomic E-state index is -0.279. The Morgan fingerprint density at radius 3 is 2.15 bits per heavy atom. The highest BCUT2D eigenvalue weighted by molar-refractivity contribution is 6.30. The average Bonchev–Trinajstić information content (AvgIpc) is 2.65. The number of anilines is 3. The molecule has 0 fully saturated rings. The van der Waals surface area contributed by atoms with Crippen molar-refractivity contribution in [3.8, 4) is 5.75 Å². The lowest BCUT2D eigenvalue weighted by Gasteiger charge is -2.11. The molecule has 1 heterocycles. The van der Waals surface area contributed by atoms with Crippen LogP contribution in [0.25, 0.3) is 0 Å². The Hall–Kier alpha value is -3.05. The average molecular weight is 382 g/mol. The third-order valence-electron chi connectivity index (χ3n) is 3.61. The van der Waals surface area contributed by atoms with Crippen LogP contribution in [0.2, 0.25) is 5.02 Å². The first-order valence-electron chi connectivity index (χ1n) is 8.56. The molecule has 2 N–H and O–H groups in total. The van der Waals surface area contributed by atoms with Gasteiger partial charge in [-0.2, -0.15) is 0 Å². The summed E-state index contributed by atoms with van der Waals surface area (Å²) >= 11 is 5.84. The summed E-state index contributed by atoms with van der Waals surface area (Å²) in [5.41, 5.74) is 2.69. The number of amides is 1. The van der Waals surface area contributed by atoms with E-state index in [1.165, 1.54) is 0 Å². The van der Waals surface area contributed by atoms with E-state index in [2.05, 4.69) is 15.6 Å². The molecule has 138 valence electrons. The second-order valence-corrected chi connectivity index (χ2v) is 6.65. The van der Waals surface area contributed by atoms with Crippen LogP contribution in [-0.2, 0) is 0 Å². The van der Waals surface area contributed by atoms with Gasteiger partial charge in [-0.1, -0.05) is 11.6 Å². The number of ether oxygens (including phenoxy) is 1. The van der Waals surface area contributed by atoms with Gasteiger partial charge in [-0.15, -0.1) is 0 Å². The number of aromatic nitrogens is 1. The van der Waals surface area contributed by atoms with Gasteiger partial charge >= 0.3 is 0 Å². The molecular weight excluding hydrogens is 362 g/mol. The predicted octanol–water partition coefficient (Wildman–Crippen LogP) is 5.52. The van der Waals surface area contributed by atoms with Gasteiger partial charge in [0.2, 0.25) is 0 Å². The summed E-state index contributed by atoms with van der Waals surface area (Å²) in [5.74, 6) is 0.543. The maximum absolute atomic E-state index is 12.3. The van der Waals surface area contributed by atoms with Crippen molar-refractivity contribution in [2.45, 2.75) is 20.0 Å². The molecule has 1 amide bonds. The Kier molecular flexibility index (Phi) is 5.94. The van der Waals surface area contributed by atoms with Crippen LogP contribution in [0.5, 0.6) is 5.75 Å². The number of hydrogen-bond acceptors (Lipinski definition) is 4. The number of pyridine rings is 1. The smallest absolute Gasteiger partial charge is 0.274 e. The summed E-state index contributed by atoms with van der Waals surface area (Å²) in [4.78, 5) is 16.5. The molecule has 0 aliphatic rings. The SMILES string of the molecule is CC(C)Oc1ccc(Nc2ccc(C(=O)Nc3ccc(Cl)cc3)nc2)cc1. The molecule has 0 bridgehead atoms. The lowest BCUT2D eigenvalue weighted by Crippen LogP contribution is -2.13. The molecule has 0 aliphatic heterocycles. The fourth-order valence-corrected chi connectivity index (χ4v) is 2.51. The fraction of sp³-hybridized carbons (Fsp3) is 0.143. The molecule has 0 saturated carbocycles. The van der Waals surface area contributed by atoms with E-state index in [-0.39, 0.29) is 12.0 Å². The largest absolute Gasteiger partial charge is 0.491 e. The molecule has 0 unspecified atom stereocenters. The van der Waals surface area contributed by atoms with Gasteiger partial charge in [0.15, 0.2) is 0 Å². The van der Waals surface area contributed by atoms with Crippen LogP contribution in [0.3, 0.4) is 0 Å². The first kappa shape index (κ1) is 18.7. The Bertz CT molecular complexity index is 892. The molecule has 6 heteroatoms. The van der Waals surface area contributed by atoms with Crippen molar-refractivity contribution in [2.75, 3.05) is 10.6 Å². The first-order chi connectivity index (χ1) is 13.0. The van der Waals surface area contributed by atoms with Crippen LogP contribution in [0.1, 0.15) is 24.3 Å². The van der Waals surface area contributed by atoms with Crippen LogP contribution in [0.15, 0.2) is 66.9 Å². The van der Waals surface area contributed by atoms with Crippen LogP contribution >= 0.6 is 11.6 Å². The normalized spacial score (nSPS) is 10.5. The molecule has 5 nitrogen and oxygen atoms in total. The molecule has 2 aromatic carbocycles. The first-order valence-corrected chi connectivity index (χ1v) is 8.94. The van der Waals surface area contributed by atoms with Crippen molar-refractivity contribution < 1.29 is 9.53 Å². The van der Waals surface area contributed by atoms with Gasteiger partial charge in [-0.3, -0.25) is 4.79 Å². The van der Waals surface area contributed by atoms with Crippen molar-refractivity contribution in [3.05, 3.63) is 77.6 Å². The van der Waals surface area contributed by atoms with E-state index in [1.54, 1.807) is 36.5 Å². The molecule has 0 aliphatic carbocycles. The highest BCUT2D eigenvalue weighted by Gasteiger charge is 2.08. The quantitative estimate of drug-likeness (QED) is 0.590. The summed E-state index contributed by atoms with van der Waals surface area (Å²) in [7, 11) is 0. The summed E-state index contributed by atoms with van der Waals surface area (Å²) in [6, 6.07) is 18.1. The van der Waals surface area contributed by atoms with Gasteiger partial charge in [0.05, 0.1) is 18.0 Å². The van der Waals surface area contributed by atoms with Crippen molar-refractivity contribution in [1.82, 2.24) is 4.98 Å². The lowest BCUT2D eigenvalue weighted by atomic mass is 10.2. The second-order valence-electron chi connectivity index (χ2n) is 6.21. The van der Waals surface area contributed by atoms with Crippen molar-refractivity contribution >= 4 is 34.6 Å². The molecule has 3 rings (SSSR count). The number of benzene rings is 2. The van der Waals surface area contributed by atoms with E-state index < -0.39 is 0 Å². The standard InChI is InChI=1S/C21H20ClN3O2/c1-14(2)27-19-10-7-16(8-11-19)24-18-9-12-20(23-13-18)21(26)25-17-5-3-15(22)4-6-17/h3-14,24H,1-2H3,(H,25,26). The minimum Gasteiger partial charge on any atom is -0.491 e. The third kappa shape index (κ3) is 5.46. The van der Waals surface area contributed by atoms with Gasteiger partial charge in [0, 0.05) is 16.4 Å². The zero-order valence-electron chi connectivity index (χ0n) is 15.1. The van der Waals surface area contributed by atoms with Crippen LogP contribution in [0, 0.1) is 0 Å². The molecule has 0 spiro atoms. The molecule has 3 aromatic rings. The highest BCUT2D eigenvalue weighted by Crippen LogP contribution is 2.21. The van der Waals surface area contributed by atoms with Gasteiger partial charge in [0.1, 0.15) is 11.4 Å². The number of carbonyl (C=O) groups is 1. The Morgan fingerprint density at radius 1 is 0.926 bits per heavy atom. The Labute approximate surface area is 163 Å². The van der Waals surface area contributed by atoms with Crippen LogP contribution < -0.4 is 15.4 Å². The van der Waals surface area contributed by atoms with E-state index in [1.807, 2.05) is 44.2 Å². The summed E-state index contributed by atoms with van der Waals surface area (Å²) < 4.78 is 5.62. The number of hydrogen-bond donors (Lipinski definition) is 2. The van der Waals surface area contributed by atoms with E-state index >= 15 is 0 Å². The minimum absolute atomic E-state index is 0.138. The van der Waals surface area contributed by atoms with Crippen LogP contribution in [0.4, 0.5) is 17.1 Å². The fourth-order valence-electron chi connectivity index (χ4n) is 2.39. The number of halogens is 1. The Morgan fingerprint density at radius 2 is 1.56 bits per heavy atom.